The van der Waals surface area contributed by atoms with Crippen molar-refractivity contribution in [2.75, 3.05) is 6.61 Å². The Bertz CT molecular complexity index is 1540. The van der Waals surface area contributed by atoms with Gasteiger partial charge in [0.25, 0.3) is 5.91 Å². The van der Waals surface area contributed by atoms with Crippen LogP contribution in [0.5, 0.6) is 0 Å². The van der Waals surface area contributed by atoms with E-state index in [0.717, 1.165) is 27.2 Å². The Morgan fingerprint density at radius 3 is 2.68 bits per heavy atom. The van der Waals surface area contributed by atoms with Crippen molar-refractivity contribution >= 4 is 52.6 Å². The smallest absolute Gasteiger partial charge is 0.408 e. The number of fused-ring (bicyclic) bond motifs is 2. The maximum Gasteiger partial charge on any atom is 0.421 e. The van der Waals surface area contributed by atoms with Gasteiger partial charge in [0.15, 0.2) is 5.58 Å². The predicted octanol–water partition coefficient (Wildman–Crippen LogP) is 6.66. The van der Waals surface area contributed by atoms with E-state index < -0.39 is 13.8 Å². The van der Waals surface area contributed by atoms with Crippen molar-refractivity contribution in [3.8, 4) is 0 Å². The first-order valence-corrected chi connectivity index (χ1v) is 17.4. The summed E-state index contributed by atoms with van der Waals surface area (Å²) < 4.78 is 13.6. The van der Waals surface area contributed by atoms with Crippen LogP contribution in [0.15, 0.2) is 68.5 Å². The average Bonchev–Trinajstić information content (AvgIpc) is 3.31. The van der Waals surface area contributed by atoms with Gasteiger partial charge in [-0.1, -0.05) is 55.5 Å². The highest BCUT2D eigenvalue weighted by Gasteiger charge is 2.37. The molecule has 0 saturated heterocycles. The zero-order chi connectivity index (χ0) is 27.0. The third kappa shape index (κ3) is 5.52. The number of benzene rings is 2. The van der Waals surface area contributed by atoms with Gasteiger partial charge in [0.2, 0.25) is 0 Å². The van der Waals surface area contributed by atoms with E-state index in [-0.39, 0.29) is 18.7 Å². The third-order valence-electron chi connectivity index (χ3n) is 6.84. The number of hydrogen-bond donors (Lipinski definition) is 0. The van der Waals surface area contributed by atoms with Crippen LogP contribution in [-0.2, 0) is 24.4 Å². The number of halogens is 2. The van der Waals surface area contributed by atoms with Gasteiger partial charge >= 0.3 is 5.76 Å². The van der Waals surface area contributed by atoms with Crippen molar-refractivity contribution in [2.24, 2.45) is 0 Å². The molecule has 1 aliphatic rings. The Hall–Kier alpha value is -2.72. The molecule has 0 fully saturated rings. The second-order valence-electron chi connectivity index (χ2n) is 10.8. The molecule has 38 heavy (non-hydrogen) atoms. The van der Waals surface area contributed by atoms with E-state index in [1.165, 1.54) is 4.57 Å². The molecule has 2 aromatic carbocycles. The molecule has 0 saturated carbocycles. The molecule has 0 bridgehead atoms. The third-order valence-corrected chi connectivity index (χ3v) is 9.55. The summed E-state index contributed by atoms with van der Waals surface area (Å²) in [5, 5.41) is 0.549. The van der Waals surface area contributed by atoms with Crippen molar-refractivity contribution in [1.82, 2.24) is 14.5 Å². The fourth-order valence-corrected chi connectivity index (χ4v) is 6.34. The fraction of sp³-hybridized carbons (Fsp3) is 0.321. The maximum absolute atomic E-state index is 13.5. The monoisotopic (exact) mass is 613 g/mol. The van der Waals surface area contributed by atoms with Gasteiger partial charge in [-0.05, 0) is 63.3 Å². The number of carbonyl (C=O) groups is 1. The van der Waals surface area contributed by atoms with Crippen molar-refractivity contribution in [3.63, 3.8) is 0 Å². The second-order valence-corrected chi connectivity index (χ2v) is 17.7. The molecule has 1 unspecified atom stereocenters. The largest absolute Gasteiger partial charge is 0.421 e. The number of rotatable bonds is 9. The van der Waals surface area contributed by atoms with Crippen LogP contribution in [0.25, 0.3) is 11.1 Å². The van der Waals surface area contributed by atoms with E-state index in [2.05, 4.69) is 40.6 Å². The van der Waals surface area contributed by atoms with Gasteiger partial charge in [0.05, 0.1) is 16.6 Å². The Morgan fingerprint density at radius 2 is 1.92 bits per heavy atom. The number of hydrogen-bond acceptors (Lipinski definition) is 5. The minimum atomic E-state index is -1.22. The Labute approximate surface area is 235 Å². The van der Waals surface area contributed by atoms with Crippen molar-refractivity contribution in [2.45, 2.75) is 51.4 Å². The molecule has 3 heterocycles. The molecule has 1 amide bonds. The van der Waals surface area contributed by atoms with E-state index in [9.17, 15) is 9.59 Å². The lowest BCUT2D eigenvalue weighted by molar-refractivity contribution is 0.0709. The van der Waals surface area contributed by atoms with Gasteiger partial charge < -0.3 is 14.1 Å². The van der Waals surface area contributed by atoms with Crippen LogP contribution in [0.2, 0.25) is 30.7 Å². The van der Waals surface area contributed by atoms with Crippen LogP contribution in [0.1, 0.15) is 33.1 Å². The molecule has 0 radical (unpaired) electrons. The van der Waals surface area contributed by atoms with Gasteiger partial charge in [0.1, 0.15) is 6.73 Å². The van der Waals surface area contributed by atoms with Gasteiger partial charge in [-0.25, -0.2) is 9.36 Å². The summed E-state index contributed by atoms with van der Waals surface area (Å²) >= 11 is 10.0. The summed E-state index contributed by atoms with van der Waals surface area (Å²) in [7, 11) is -1.22. The van der Waals surface area contributed by atoms with E-state index in [1.54, 1.807) is 12.4 Å². The van der Waals surface area contributed by atoms with E-state index >= 15 is 0 Å². The number of aromatic nitrogens is 2. The molecular weight excluding hydrogens is 586 g/mol. The summed E-state index contributed by atoms with van der Waals surface area (Å²) in [6.07, 6.45) is 3.86. The number of carbonyl (C=O) groups excluding carboxylic acids is 1. The first kappa shape index (κ1) is 26.9. The number of pyridine rings is 1. The first-order valence-electron chi connectivity index (χ1n) is 12.5. The minimum Gasteiger partial charge on any atom is -0.408 e. The SMILES string of the molecule is C[Si](C)(C)CCOCn1c(=O)oc2cc(CN3C(=O)c4ccccc4C3Cc3c(Cl)cncc3Br)ccc21. The van der Waals surface area contributed by atoms with Crippen molar-refractivity contribution < 1.29 is 13.9 Å². The van der Waals surface area contributed by atoms with E-state index in [0.29, 0.717) is 41.3 Å². The van der Waals surface area contributed by atoms with Crippen LogP contribution in [-0.4, -0.2) is 35.0 Å². The molecule has 7 nitrogen and oxygen atoms in total. The molecule has 1 atom stereocenters. The maximum atomic E-state index is 13.5. The fourth-order valence-electron chi connectivity index (χ4n) is 4.74. The Balaban J connectivity index is 1.40. The van der Waals surface area contributed by atoms with Gasteiger partial charge in [-0.2, -0.15) is 0 Å². The molecule has 0 spiro atoms. The molecule has 198 valence electrons. The second kappa shape index (κ2) is 10.8. The minimum absolute atomic E-state index is 0.0400. The molecule has 0 N–H and O–H groups in total. The highest BCUT2D eigenvalue weighted by atomic mass is 79.9. The number of amides is 1. The highest BCUT2D eigenvalue weighted by molar-refractivity contribution is 9.10. The molecule has 2 aromatic heterocycles. The summed E-state index contributed by atoms with van der Waals surface area (Å²) in [4.78, 5) is 32.0. The topological polar surface area (TPSA) is 77.6 Å². The van der Waals surface area contributed by atoms with Crippen LogP contribution >= 0.6 is 27.5 Å². The van der Waals surface area contributed by atoms with Crippen LogP contribution in [0.3, 0.4) is 0 Å². The lowest BCUT2D eigenvalue weighted by Crippen LogP contribution is -2.29. The number of nitrogens with zero attached hydrogens (tertiary/aromatic N) is 3. The number of oxazole rings is 1. The summed E-state index contributed by atoms with van der Waals surface area (Å²) in [5.74, 6) is -0.494. The standard InChI is InChI=1S/C28H29BrClN3O4Si/c1-38(2,3)11-10-36-17-33-24-9-8-18(12-26(24)37-28(33)35)16-32-25(13-21-22(29)14-31-15-23(21)30)19-6-4-5-7-20(19)27(32)34/h4-9,12,14-15,25H,10-11,13,16-17H2,1-3H3. The van der Waals surface area contributed by atoms with Crippen LogP contribution in [0.4, 0.5) is 0 Å². The van der Waals surface area contributed by atoms with Gasteiger partial charge in [-0.15, -0.1) is 0 Å². The first-order chi connectivity index (χ1) is 18.1. The lowest BCUT2D eigenvalue weighted by Gasteiger charge is -2.26. The van der Waals surface area contributed by atoms with Crippen molar-refractivity contribution in [1.29, 1.82) is 0 Å². The Kier molecular flexibility index (Phi) is 7.64. The van der Waals surface area contributed by atoms with E-state index in [4.69, 9.17) is 20.8 Å². The van der Waals surface area contributed by atoms with Gasteiger partial charge in [0, 0.05) is 43.7 Å². The summed E-state index contributed by atoms with van der Waals surface area (Å²) in [5.41, 5.74) is 4.56. The van der Waals surface area contributed by atoms with E-state index in [1.807, 2.05) is 47.4 Å². The average molecular weight is 615 g/mol. The zero-order valence-corrected chi connectivity index (χ0v) is 24.9. The lowest BCUT2D eigenvalue weighted by atomic mass is 9.98. The summed E-state index contributed by atoms with van der Waals surface area (Å²) in [6.45, 7) is 7.99. The zero-order valence-electron chi connectivity index (χ0n) is 21.5. The predicted molar refractivity (Wildman–Crippen MR) is 154 cm³/mol. The molecular formula is C28H29BrClN3O4Si. The highest BCUT2D eigenvalue weighted by Crippen LogP contribution is 2.39. The molecule has 0 aliphatic carbocycles. The quantitative estimate of drug-likeness (QED) is 0.156. The molecule has 10 heteroatoms. The van der Waals surface area contributed by atoms with Crippen LogP contribution < -0.4 is 5.76 Å². The van der Waals surface area contributed by atoms with Crippen molar-refractivity contribution in [3.05, 3.63) is 97.2 Å². The molecule has 5 rings (SSSR count). The normalized spacial score (nSPS) is 15.4. The Morgan fingerprint density at radius 1 is 1.13 bits per heavy atom. The van der Waals surface area contributed by atoms with Gasteiger partial charge in [-0.3, -0.25) is 9.78 Å². The number of ether oxygens (including phenoxy) is 1. The van der Waals surface area contributed by atoms with Crippen LogP contribution in [0, 0.1) is 0 Å². The molecule has 1 aliphatic heterocycles. The molecule has 4 aromatic rings. The summed E-state index contributed by atoms with van der Waals surface area (Å²) in [6, 6.07) is 14.1.